The Morgan fingerprint density at radius 2 is 2.24 bits per heavy atom. The van der Waals surface area contributed by atoms with Crippen LogP contribution < -0.4 is 4.90 Å². The molecule has 0 saturated carbocycles. The highest BCUT2D eigenvalue weighted by Crippen LogP contribution is 2.34. The predicted molar refractivity (Wildman–Crippen MR) is 89.1 cm³/mol. The van der Waals surface area contributed by atoms with E-state index in [0.29, 0.717) is 0 Å². The first kappa shape index (κ1) is 13.3. The minimum absolute atomic E-state index is 0.724. The van der Waals surface area contributed by atoms with Gasteiger partial charge in [-0.1, -0.05) is 12.1 Å². The van der Waals surface area contributed by atoms with Crippen LogP contribution in [0.5, 0.6) is 0 Å². The third-order valence-electron chi connectivity index (χ3n) is 4.95. The number of aromatic nitrogens is 1. The number of rotatable bonds is 3. The van der Waals surface area contributed by atoms with Gasteiger partial charge < -0.3 is 9.80 Å². The van der Waals surface area contributed by atoms with Gasteiger partial charge in [0, 0.05) is 42.0 Å². The number of hydrogen-bond acceptors (Lipinski definition) is 4. The van der Waals surface area contributed by atoms with Crippen LogP contribution in [0.1, 0.15) is 18.4 Å². The summed E-state index contributed by atoms with van der Waals surface area (Å²) < 4.78 is 4.23. The van der Waals surface area contributed by atoms with E-state index in [9.17, 15) is 0 Å². The summed E-state index contributed by atoms with van der Waals surface area (Å²) in [5, 5.41) is 2.13. The van der Waals surface area contributed by atoms with Crippen molar-refractivity contribution in [2.24, 2.45) is 0 Å². The molecular formula is C17H21N3S. The monoisotopic (exact) mass is 299 g/mol. The highest BCUT2D eigenvalue weighted by atomic mass is 32.1. The predicted octanol–water partition coefficient (Wildman–Crippen LogP) is 3.27. The Kier molecular flexibility index (Phi) is 3.43. The van der Waals surface area contributed by atoms with Crippen LogP contribution in [0.25, 0.3) is 11.1 Å². The van der Waals surface area contributed by atoms with Gasteiger partial charge in [-0.05, 0) is 61.6 Å². The lowest BCUT2D eigenvalue weighted by Crippen LogP contribution is -2.37. The van der Waals surface area contributed by atoms with Crippen LogP contribution in [0.2, 0.25) is 0 Å². The second kappa shape index (κ2) is 5.43. The standard InChI is InChI=1S/C17H21N3S/c1-19-7-2-3-16(19)11-20-8-6-13-4-5-14(9-17(13)20)15-10-18-21-12-15/h4-5,9-10,12,16H,2-3,6-8,11H2,1H3/t16-/m1/s1. The number of likely N-dealkylation sites (N-methyl/N-ethyl adjacent to an activating group) is 1. The maximum absolute atomic E-state index is 4.23. The minimum Gasteiger partial charge on any atom is -0.369 e. The van der Waals surface area contributed by atoms with Gasteiger partial charge in [-0.2, -0.15) is 0 Å². The number of likely N-dealkylation sites (tertiary alicyclic amines) is 1. The molecule has 2 aliphatic heterocycles. The van der Waals surface area contributed by atoms with Crippen LogP contribution in [-0.4, -0.2) is 42.0 Å². The van der Waals surface area contributed by atoms with Crippen LogP contribution >= 0.6 is 11.5 Å². The number of hydrogen-bond donors (Lipinski definition) is 0. The van der Waals surface area contributed by atoms with Crippen LogP contribution in [0.4, 0.5) is 5.69 Å². The Bertz CT molecular complexity index is 623. The van der Waals surface area contributed by atoms with Gasteiger partial charge in [0.05, 0.1) is 0 Å². The van der Waals surface area contributed by atoms with E-state index in [2.05, 4.69) is 44.8 Å². The van der Waals surface area contributed by atoms with Gasteiger partial charge in [-0.25, -0.2) is 4.37 Å². The molecule has 1 atom stereocenters. The first-order chi connectivity index (χ1) is 10.3. The maximum atomic E-state index is 4.23. The number of anilines is 1. The maximum Gasteiger partial charge on any atom is 0.0485 e. The average molecular weight is 299 g/mol. The zero-order valence-corrected chi connectivity index (χ0v) is 13.3. The molecule has 110 valence electrons. The first-order valence-electron chi connectivity index (χ1n) is 7.79. The Morgan fingerprint density at radius 3 is 3.00 bits per heavy atom. The molecule has 4 heteroatoms. The minimum atomic E-state index is 0.724. The summed E-state index contributed by atoms with van der Waals surface area (Å²) >= 11 is 1.52. The molecule has 21 heavy (non-hydrogen) atoms. The number of benzene rings is 1. The molecule has 0 amide bonds. The quantitative estimate of drug-likeness (QED) is 0.867. The van der Waals surface area contributed by atoms with Crippen molar-refractivity contribution in [2.75, 3.05) is 31.6 Å². The van der Waals surface area contributed by atoms with E-state index >= 15 is 0 Å². The summed E-state index contributed by atoms with van der Waals surface area (Å²) in [4.78, 5) is 5.11. The fraction of sp³-hybridized carbons (Fsp3) is 0.471. The SMILES string of the molecule is CN1CCC[C@@H]1CN1CCc2ccc(-c3cnsc3)cc21. The van der Waals surface area contributed by atoms with Crippen LogP contribution in [0.3, 0.4) is 0 Å². The van der Waals surface area contributed by atoms with E-state index in [4.69, 9.17) is 0 Å². The van der Waals surface area contributed by atoms with Crippen molar-refractivity contribution < 1.29 is 0 Å². The molecule has 0 bridgehead atoms. The normalized spacial score (nSPS) is 22.0. The second-order valence-electron chi connectivity index (χ2n) is 6.23. The van der Waals surface area contributed by atoms with Gasteiger partial charge in [0.1, 0.15) is 0 Å². The van der Waals surface area contributed by atoms with Gasteiger partial charge in [-0.15, -0.1) is 0 Å². The average Bonchev–Trinajstić information content (AvgIpc) is 3.22. The summed E-state index contributed by atoms with van der Waals surface area (Å²) in [7, 11) is 2.27. The van der Waals surface area contributed by atoms with Gasteiger partial charge in [0.15, 0.2) is 0 Å². The molecule has 3 heterocycles. The molecule has 0 unspecified atom stereocenters. The second-order valence-corrected chi connectivity index (χ2v) is 6.89. The van der Waals surface area contributed by atoms with Gasteiger partial charge >= 0.3 is 0 Å². The highest BCUT2D eigenvalue weighted by molar-refractivity contribution is 7.03. The summed E-state index contributed by atoms with van der Waals surface area (Å²) in [6.45, 7) is 3.60. The van der Waals surface area contributed by atoms with E-state index in [1.165, 1.54) is 72.8 Å². The molecule has 1 aromatic carbocycles. The van der Waals surface area contributed by atoms with Crippen molar-refractivity contribution >= 4 is 17.2 Å². The first-order valence-corrected chi connectivity index (χ1v) is 8.63. The van der Waals surface area contributed by atoms with Crippen molar-refractivity contribution in [3.63, 3.8) is 0 Å². The zero-order valence-electron chi connectivity index (χ0n) is 12.5. The van der Waals surface area contributed by atoms with Crippen molar-refractivity contribution in [3.8, 4) is 11.1 Å². The molecule has 1 aromatic heterocycles. The van der Waals surface area contributed by atoms with Gasteiger partial charge in [-0.3, -0.25) is 0 Å². The van der Waals surface area contributed by atoms with Crippen LogP contribution in [0, 0.1) is 0 Å². The lowest BCUT2D eigenvalue weighted by Gasteiger charge is -2.27. The topological polar surface area (TPSA) is 19.4 Å². The smallest absolute Gasteiger partial charge is 0.0485 e. The van der Waals surface area contributed by atoms with Gasteiger partial charge in [0.25, 0.3) is 0 Å². The van der Waals surface area contributed by atoms with E-state index in [1.54, 1.807) is 0 Å². The molecule has 2 aliphatic rings. The lowest BCUT2D eigenvalue weighted by molar-refractivity contribution is 0.313. The lowest BCUT2D eigenvalue weighted by atomic mass is 10.1. The molecule has 1 saturated heterocycles. The molecule has 0 aliphatic carbocycles. The molecule has 0 N–H and O–H groups in total. The molecule has 4 rings (SSSR count). The van der Waals surface area contributed by atoms with Crippen LogP contribution in [-0.2, 0) is 6.42 Å². The van der Waals surface area contributed by atoms with Crippen molar-refractivity contribution in [3.05, 3.63) is 35.3 Å². The molecule has 0 spiro atoms. The summed E-state index contributed by atoms with van der Waals surface area (Å²) in [5.41, 5.74) is 5.49. The van der Waals surface area contributed by atoms with Gasteiger partial charge in [0.2, 0.25) is 0 Å². The van der Waals surface area contributed by atoms with Crippen molar-refractivity contribution in [1.82, 2.24) is 9.27 Å². The zero-order chi connectivity index (χ0) is 14.2. The Morgan fingerprint density at radius 1 is 1.29 bits per heavy atom. The van der Waals surface area contributed by atoms with E-state index in [-0.39, 0.29) is 0 Å². The molecular weight excluding hydrogens is 278 g/mol. The van der Waals surface area contributed by atoms with Crippen molar-refractivity contribution in [1.29, 1.82) is 0 Å². The number of nitrogens with zero attached hydrogens (tertiary/aromatic N) is 3. The van der Waals surface area contributed by atoms with Crippen molar-refractivity contribution in [2.45, 2.75) is 25.3 Å². The number of fused-ring (bicyclic) bond motifs is 1. The summed E-state index contributed by atoms with van der Waals surface area (Å²) in [6, 6.07) is 7.64. The third-order valence-corrected chi connectivity index (χ3v) is 5.53. The highest BCUT2D eigenvalue weighted by Gasteiger charge is 2.27. The van der Waals surface area contributed by atoms with E-state index in [0.717, 1.165) is 6.04 Å². The summed E-state index contributed by atoms with van der Waals surface area (Å²) in [6.07, 6.45) is 5.85. The Balaban J connectivity index is 1.59. The van der Waals surface area contributed by atoms with E-state index < -0.39 is 0 Å². The molecule has 2 aromatic rings. The molecule has 0 radical (unpaired) electrons. The fourth-order valence-electron chi connectivity index (χ4n) is 3.63. The molecule has 3 nitrogen and oxygen atoms in total. The van der Waals surface area contributed by atoms with Crippen LogP contribution in [0.15, 0.2) is 29.8 Å². The van der Waals surface area contributed by atoms with E-state index in [1.807, 2.05) is 6.20 Å². The summed E-state index contributed by atoms with van der Waals surface area (Å²) in [5.74, 6) is 0. The third kappa shape index (κ3) is 2.47. The molecule has 1 fully saturated rings. The largest absolute Gasteiger partial charge is 0.369 e. The fourth-order valence-corrected chi connectivity index (χ4v) is 4.17. The Labute approximate surface area is 130 Å². The Hall–Kier alpha value is -1.39.